The largest absolute Gasteiger partial charge is 0.493 e. The number of carbonyl (C=O) groups excluding carboxylic acids is 2. The summed E-state index contributed by atoms with van der Waals surface area (Å²) >= 11 is 0. The first kappa shape index (κ1) is 22.6. The van der Waals surface area contributed by atoms with Gasteiger partial charge in [-0.25, -0.2) is 4.79 Å². The smallest absolute Gasteiger partial charge is 0.340 e. The van der Waals surface area contributed by atoms with Gasteiger partial charge in [0.05, 0.1) is 12.5 Å². The molecule has 2 aromatic rings. The maximum absolute atomic E-state index is 13.3. The lowest BCUT2D eigenvalue weighted by molar-refractivity contribution is -0.141. The highest BCUT2D eigenvalue weighted by atomic mass is 16.5. The molecule has 0 spiro atoms. The summed E-state index contributed by atoms with van der Waals surface area (Å²) < 4.78 is 17.5. The number of unbranched alkanes of at least 4 members (excludes halogenated alkanes) is 1. The van der Waals surface area contributed by atoms with E-state index in [2.05, 4.69) is 6.92 Å². The van der Waals surface area contributed by atoms with Gasteiger partial charge < -0.3 is 19.9 Å². The second-order valence-electron chi connectivity index (χ2n) is 8.23. The molecule has 0 amide bonds. The average Bonchev–Trinajstić information content (AvgIpc) is 2.83. The van der Waals surface area contributed by atoms with Crippen LogP contribution in [-0.4, -0.2) is 18.4 Å². The van der Waals surface area contributed by atoms with Crippen LogP contribution in [0, 0.1) is 0 Å². The Hall–Kier alpha value is -3.54. The maximum Gasteiger partial charge on any atom is 0.340 e. The fraction of sp³-hybridized carbons (Fsp3) is 0.333. The SMILES string of the molecule is CCCCOc1ccccc1C1C(C(=O)OCc2ccccc2)=C(N)OC2=C1C(=O)CCC2. The van der Waals surface area contributed by atoms with Gasteiger partial charge >= 0.3 is 5.97 Å². The highest BCUT2D eigenvalue weighted by Gasteiger charge is 2.42. The summed E-state index contributed by atoms with van der Waals surface area (Å²) in [6.45, 7) is 2.73. The molecule has 1 heterocycles. The Morgan fingerprint density at radius 2 is 1.85 bits per heavy atom. The summed E-state index contributed by atoms with van der Waals surface area (Å²) in [6.07, 6.45) is 3.60. The minimum Gasteiger partial charge on any atom is -0.493 e. The predicted molar refractivity (Wildman–Crippen MR) is 124 cm³/mol. The number of rotatable bonds is 8. The van der Waals surface area contributed by atoms with Crippen LogP contribution in [0.2, 0.25) is 0 Å². The highest BCUT2D eigenvalue weighted by molar-refractivity contribution is 6.03. The molecule has 0 saturated carbocycles. The van der Waals surface area contributed by atoms with E-state index < -0.39 is 11.9 Å². The number of Topliss-reactive ketones (excluding diaryl/α,β-unsaturated/α-hetero) is 1. The summed E-state index contributed by atoms with van der Waals surface area (Å²) in [6, 6.07) is 16.9. The lowest BCUT2D eigenvalue weighted by atomic mass is 9.77. The lowest BCUT2D eigenvalue weighted by Crippen LogP contribution is -2.31. The number of hydrogen-bond acceptors (Lipinski definition) is 6. The average molecular weight is 448 g/mol. The third kappa shape index (κ3) is 4.95. The second-order valence-corrected chi connectivity index (χ2v) is 8.23. The normalized spacial score (nSPS) is 18.0. The first-order valence-corrected chi connectivity index (χ1v) is 11.5. The quantitative estimate of drug-likeness (QED) is 0.457. The number of ether oxygens (including phenoxy) is 3. The second kappa shape index (κ2) is 10.4. The predicted octanol–water partition coefficient (Wildman–Crippen LogP) is 4.90. The van der Waals surface area contributed by atoms with Crippen molar-refractivity contribution in [1.29, 1.82) is 0 Å². The molecule has 33 heavy (non-hydrogen) atoms. The number of allylic oxidation sites excluding steroid dienone is 2. The third-order valence-corrected chi connectivity index (χ3v) is 5.90. The van der Waals surface area contributed by atoms with Crippen LogP contribution in [0.4, 0.5) is 0 Å². The molecular weight excluding hydrogens is 418 g/mol. The van der Waals surface area contributed by atoms with Gasteiger partial charge in [0, 0.05) is 24.0 Å². The molecular formula is C27H29NO5. The molecule has 0 saturated heterocycles. The van der Waals surface area contributed by atoms with Crippen molar-refractivity contribution in [2.45, 2.75) is 51.6 Å². The van der Waals surface area contributed by atoms with Gasteiger partial charge in [-0.3, -0.25) is 4.79 Å². The van der Waals surface area contributed by atoms with Crippen LogP contribution in [0.25, 0.3) is 0 Å². The number of para-hydroxylation sites is 1. The summed E-state index contributed by atoms with van der Waals surface area (Å²) in [5, 5.41) is 0. The van der Waals surface area contributed by atoms with E-state index in [1.54, 1.807) is 0 Å². The molecule has 2 N–H and O–H groups in total. The summed E-state index contributed by atoms with van der Waals surface area (Å²) in [4.78, 5) is 26.3. The Morgan fingerprint density at radius 3 is 2.64 bits per heavy atom. The Kier molecular flexibility index (Phi) is 7.13. The van der Waals surface area contributed by atoms with Gasteiger partial charge in [0.1, 0.15) is 23.7 Å². The molecule has 6 heteroatoms. The van der Waals surface area contributed by atoms with Crippen LogP contribution in [0.5, 0.6) is 5.75 Å². The van der Waals surface area contributed by atoms with Crippen molar-refractivity contribution < 1.29 is 23.8 Å². The molecule has 0 bridgehead atoms. The van der Waals surface area contributed by atoms with E-state index in [1.165, 1.54) is 0 Å². The van der Waals surface area contributed by atoms with Gasteiger partial charge in [-0.2, -0.15) is 0 Å². The monoisotopic (exact) mass is 447 g/mol. The van der Waals surface area contributed by atoms with Crippen molar-refractivity contribution >= 4 is 11.8 Å². The van der Waals surface area contributed by atoms with Gasteiger partial charge in [-0.1, -0.05) is 61.9 Å². The number of hydrogen-bond donors (Lipinski definition) is 1. The van der Waals surface area contributed by atoms with E-state index in [4.69, 9.17) is 19.9 Å². The van der Waals surface area contributed by atoms with Crippen molar-refractivity contribution in [3.8, 4) is 5.75 Å². The Balaban J connectivity index is 1.72. The first-order chi connectivity index (χ1) is 16.1. The Morgan fingerprint density at radius 1 is 1.09 bits per heavy atom. The summed E-state index contributed by atoms with van der Waals surface area (Å²) in [5.41, 5.74) is 8.47. The molecule has 1 unspecified atom stereocenters. The minimum absolute atomic E-state index is 0.0186. The third-order valence-electron chi connectivity index (χ3n) is 5.90. The zero-order valence-electron chi connectivity index (χ0n) is 18.8. The zero-order chi connectivity index (χ0) is 23.2. The van der Waals surface area contributed by atoms with Gasteiger partial charge in [-0.15, -0.1) is 0 Å². The van der Waals surface area contributed by atoms with E-state index in [9.17, 15) is 9.59 Å². The van der Waals surface area contributed by atoms with E-state index in [0.717, 1.165) is 18.4 Å². The molecule has 172 valence electrons. The fourth-order valence-electron chi connectivity index (χ4n) is 4.24. The molecule has 0 fully saturated rings. The molecule has 6 nitrogen and oxygen atoms in total. The van der Waals surface area contributed by atoms with Gasteiger partial charge in [0.2, 0.25) is 5.88 Å². The molecule has 1 aliphatic heterocycles. The van der Waals surface area contributed by atoms with Gasteiger partial charge in [0.25, 0.3) is 0 Å². The zero-order valence-corrected chi connectivity index (χ0v) is 18.8. The minimum atomic E-state index is -0.692. The molecule has 4 rings (SSSR count). The van der Waals surface area contributed by atoms with Gasteiger partial charge in [0.15, 0.2) is 5.78 Å². The van der Waals surface area contributed by atoms with Crippen molar-refractivity contribution in [2.24, 2.45) is 5.73 Å². The number of esters is 1. The van der Waals surface area contributed by atoms with Crippen LogP contribution in [0.3, 0.4) is 0 Å². The van der Waals surface area contributed by atoms with Crippen LogP contribution in [-0.2, 0) is 25.7 Å². The summed E-state index contributed by atoms with van der Waals surface area (Å²) in [5.74, 6) is -0.182. The van der Waals surface area contributed by atoms with Crippen LogP contribution >= 0.6 is 0 Å². The van der Waals surface area contributed by atoms with Gasteiger partial charge in [-0.05, 0) is 24.5 Å². The molecule has 0 aromatic heterocycles. The molecule has 1 atom stereocenters. The number of carbonyl (C=O) groups is 2. The highest BCUT2D eigenvalue weighted by Crippen LogP contribution is 2.46. The van der Waals surface area contributed by atoms with E-state index in [-0.39, 0.29) is 23.8 Å². The Bertz CT molecular complexity index is 1090. The van der Waals surface area contributed by atoms with E-state index in [1.807, 2.05) is 54.6 Å². The number of nitrogens with two attached hydrogens (primary N) is 1. The molecule has 2 aliphatic rings. The standard InChI is InChI=1S/C27H29NO5/c1-2-3-16-31-21-14-8-7-12-19(21)23-24-20(29)13-9-15-22(24)33-26(28)25(23)27(30)32-17-18-10-5-4-6-11-18/h4-8,10-12,14,23H,2-3,9,13,15-17,28H2,1H3. The van der Waals surface area contributed by atoms with E-state index in [0.29, 0.717) is 48.5 Å². The number of benzene rings is 2. The van der Waals surface area contributed by atoms with Crippen LogP contribution < -0.4 is 10.5 Å². The maximum atomic E-state index is 13.3. The van der Waals surface area contributed by atoms with Crippen molar-refractivity contribution in [2.75, 3.05) is 6.61 Å². The van der Waals surface area contributed by atoms with Crippen molar-refractivity contribution in [1.82, 2.24) is 0 Å². The lowest BCUT2D eigenvalue weighted by Gasteiger charge is -2.33. The van der Waals surface area contributed by atoms with Crippen LogP contribution in [0.15, 0.2) is 77.4 Å². The van der Waals surface area contributed by atoms with E-state index >= 15 is 0 Å². The topological polar surface area (TPSA) is 87.8 Å². The first-order valence-electron chi connectivity index (χ1n) is 11.5. The Labute approximate surface area is 194 Å². The molecule has 0 radical (unpaired) electrons. The van der Waals surface area contributed by atoms with Crippen molar-refractivity contribution in [3.63, 3.8) is 0 Å². The fourth-order valence-corrected chi connectivity index (χ4v) is 4.24. The summed E-state index contributed by atoms with van der Waals surface area (Å²) in [7, 11) is 0. The molecule has 1 aliphatic carbocycles. The van der Waals surface area contributed by atoms with Crippen LogP contribution in [0.1, 0.15) is 56.1 Å². The number of ketones is 1. The van der Waals surface area contributed by atoms with Crippen molar-refractivity contribution in [3.05, 3.63) is 88.5 Å². The molecule has 2 aromatic carbocycles.